The third-order valence-electron chi connectivity index (χ3n) is 3.99. The van der Waals surface area contributed by atoms with Gasteiger partial charge in [0.2, 0.25) is 5.91 Å². The van der Waals surface area contributed by atoms with E-state index in [2.05, 4.69) is 26.6 Å². The molecule has 0 saturated heterocycles. The minimum atomic E-state index is -0.887. The molecule has 1 aliphatic heterocycles. The maximum Gasteiger partial charge on any atom is 0.305 e. The molecule has 1 amide bonds. The van der Waals surface area contributed by atoms with Crippen LogP contribution in [0.5, 0.6) is 0 Å². The van der Waals surface area contributed by atoms with Crippen LogP contribution in [-0.2, 0) is 16.1 Å². The lowest BCUT2D eigenvalue weighted by Crippen LogP contribution is -2.18. The highest BCUT2D eigenvalue weighted by molar-refractivity contribution is 5.92. The van der Waals surface area contributed by atoms with Gasteiger partial charge in [-0.15, -0.1) is 12.3 Å². The molecule has 1 aliphatic rings. The number of terminal acetylenes is 1. The van der Waals surface area contributed by atoms with Crippen molar-refractivity contribution < 1.29 is 14.7 Å². The molecule has 1 aromatic rings. The van der Waals surface area contributed by atoms with Crippen molar-refractivity contribution in [3.63, 3.8) is 0 Å². The van der Waals surface area contributed by atoms with Gasteiger partial charge in [-0.3, -0.25) is 14.3 Å². The molecule has 0 aliphatic carbocycles. The maximum absolute atomic E-state index is 12.2. The van der Waals surface area contributed by atoms with E-state index in [1.54, 1.807) is 18.5 Å². The maximum atomic E-state index is 12.2. The number of carbonyl (C=O) groups excluding carboxylic acids is 1. The van der Waals surface area contributed by atoms with Gasteiger partial charge in [0.1, 0.15) is 0 Å². The van der Waals surface area contributed by atoms with Gasteiger partial charge >= 0.3 is 5.97 Å². The standard InChI is InChI=1S/C16H21N5O3/c1-4-5-8-16(19-20-16)9-6-13(22)17-15-11(2)18-21(12(15)3)10-7-14(23)24/h1H,5-10H2,2-3H3,(H,17,22)(H,23,24). The van der Waals surface area contributed by atoms with Gasteiger partial charge in [-0.1, -0.05) is 0 Å². The van der Waals surface area contributed by atoms with E-state index in [0.717, 1.165) is 5.69 Å². The second-order valence-electron chi connectivity index (χ2n) is 5.85. The molecule has 0 spiro atoms. The van der Waals surface area contributed by atoms with Crippen LogP contribution in [0.3, 0.4) is 0 Å². The predicted molar refractivity (Wildman–Crippen MR) is 87.5 cm³/mol. The molecular formula is C16H21N5O3. The molecule has 128 valence electrons. The molecular weight excluding hydrogens is 310 g/mol. The molecule has 0 atom stereocenters. The van der Waals surface area contributed by atoms with Crippen LogP contribution < -0.4 is 5.32 Å². The summed E-state index contributed by atoms with van der Waals surface area (Å²) in [5.74, 6) is 1.53. The van der Waals surface area contributed by atoms with Crippen molar-refractivity contribution in [1.29, 1.82) is 0 Å². The molecule has 0 unspecified atom stereocenters. The monoisotopic (exact) mass is 331 g/mol. The highest BCUT2D eigenvalue weighted by atomic mass is 16.4. The van der Waals surface area contributed by atoms with Crippen molar-refractivity contribution in [3.8, 4) is 12.3 Å². The van der Waals surface area contributed by atoms with E-state index in [-0.39, 0.29) is 25.3 Å². The van der Waals surface area contributed by atoms with Crippen LogP contribution in [0.4, 0.5) is 5.69 Å². The van der Waals surface area contributed by atoms with Gasteiger partial charge in [-0.05, 0) is 13.8 Å². The number of nitrogens with zero attached hydrogens (tertiary/aromatic N) is 4. The summed E-state index contributed by atoms with van der Waals surface area (Å²) in [5.41, 5.74) is 1.56. The zero-order valence-corrected chi connectivity index (χ0v) is 13.9. The van der Waals surface area contributed by atoms with Crippen molar-refractivity contribution in [1.82, 2.24) is 9.78 Å². The van der Waals surface area contributed by atoms with Crippen molar-refractivity contribution in [2.24, 2.45) is 10.2 Å². The number of anilines is 1. The Kier molecular flexibility index (Phi) is 5.34. The van der Waals surface area contributed by atoms with Gasteiger partial charge in [0.25, 0.3) is 0 Å². The van der Waals surface area contributed by atoms with Crippen LogP contribution >= 0.6 is 0 Å². The van der Waals surface area contributed by atoms with Gasteiger partial charge in [0.15, 0.2) is 5.66 Å². The molecule has 2 N–H and O–H groups in total. The van der Waals surface area contributed by atoms with Crippen LogP contribution in [0.1, 0.15) is 43.5 Å². The van der Waals surface area contributed by atoms with E-state index in [1.807, 2.05) is 0 Å². The van der Waals surface area contributed by atoms with E-state index in [9.17, 15) is 9.59 Å². The lowest BCUT2D eigenvalue weighted by Gasteiger charge is -2.09. The number of hydrogen-bond acceptors (Lipinski definition) is 5. The molecule has 2 heterocycles. The predicted octanol–water partition coefficient (Wildman–Crippen LogP) is 2.27. The fourth-order valence-corrected chi connectivity index (χ4v) is 2.48. The first-order chi connectivity index (χ1) is 11.4. The molecule has 2 rings (SSSR count). The number of aromatic nitrogens is 2. The Balaban J connectivity index is 1.90. The van der Waals surface area contributed by atoms with E-state index in [0.29, 0.717) is 30.6 Å². The molecule has 1 aromatic heterocycles. The number of hydrogen-bond donors (Lipinski definition) is 2. The van der Waals surface area contributed by atoms with E-state index >= 15 is 0 Å². The summed E-state index contributed by atoms with van der Waals surface area (Å²) in [4.78, 5) is 22.8. The topological polar surface area (TPSA) is 109 Å². The third-order valence-corrected chi connectivity index (χ3v) is 3.99. The van der Waals surface area contributed by atoms with E-state index in [1.165, 1.54) is 0 Å². The Bertz CT molecular complexity index is 708. The first-order valence-corrected chi connectivity index (χ1v) is 7.80. The molecule has 8 heteroatoms. The third kappa shape index (κ3) is 4.41. The van der Waals surface area contributed by atoms with Crippen LogP contribution in [0.25, 0.3) is 0 Å². The number of carbonyl (C=O) groups is 2. The molecule has 24 heavy (non-hydrogen) atoms. The fourth-order valence-electron chi connectivity index (χ4n) is 2.48. The van der Waals surface area contributed by atoms with Gasteiger partial charge in [-0.25, -0.2) is 0 Å². The fraction of sp³-hybridized carbons (Fsp3) is 0.562. The van der Waals surface area contributed by atoms with Crippen molar-refractivity contribution in [3.05, 3.63) is 11.4 Å². The first-order valence-electron chi connectivity index (χ1n) is 7.80. The molecule has 0 fully saturated rings. The summed E-state index contributed by atoms with van der Waals surface area (Å²) in [6, 6.07) is 0. The molecule has 0 aromatic carbocycles. The summed E-state index contributed by atoms with van der Waals surface area (Å²) < 4.78 is 1.60. The first kappa shape index (κ1) is 17.7. The van der Waals surface area contributed by atoms with Gasteiger partial charge in [-0.2, -0.15) is 15.3 Å². The molecule has 0 bridgehead atoms. The quantitative estimate of drug-likeness (QED) is 0.676. The Labute approximate surface area is 140 Å². The normalized spacial score (nSPS) is 14.2. The number of carboxylic acid groups (broad SMARTS) is 1. The number of aryl methyl sites for hydroxylation is 2. The number of rotatable bonds is 9. The Morgan fingerprint density at radius 3 is 2.58 bits per heavy atom. The second-order valence-corrected chi connectivity index (χ2v) is 5.85. The SMILES string of the molecule is C#CCCC1(CCC(=O)Nc2c(C)nn(CCC(=O)O)c2C)N=N1. The van der Waals surface area contributed by atoms with Crippen LogP contribution in [0, 0.1) is 26.2 Å². The average Bonchev–Trinajstić information content (AvgIpc) is 3.26. The summed E-state index contributed by atoms with van der Waals surface area (Å²) in [5, 5.41) is 23.9. The number of carboxylic acids is 1. The number of nitrogens with one attached hydrogen (secondary N) is 1. The van der Waals surface area contributed by atoms with Crippen molar-refractivity contribution in [2.45, 2.75) is 58.2 Å². The zero-order valence-electron chi connectivity index (χ0n) is 13.9. The van der Waals surface area contributed by atoms with Crippen molar-refractivity contribution in [2.75, 3.05) is 5.32 Å². The lowest BCUT2D eigenvalue weighted by atomic mass is 10.0. The Hall–Kier alpha value is -2.69. The van der Waals surface area contributed by atoms with Crippen LogP contribution in [0.2, 0.25) is 0 Å². The van der Waals surface area contributed by atoms with Crippen molar-refractivity contribution >= 4 is 17.6 Å². The smallest absolute Gasteiger partial charge is 0.305 e. The van der Waals surface area contributed by atoms with Gasteiger partial charge in [0.05, 0.1) is 30.0 Å². The largest absolute Gasteiger partial charge is 0.481 e. The van der Waals surface area contributed by atoms with Crippen LogP contribution in [0.15, 0.2) is 10.2 Å². The Morgan fingerprint density at radius 1 is 1.29 bits per heavy atom. The highest BCUT2D eigenvalue weighted by Gasteiger charge is 2.39. The molecule has 0 saturated carbocycles. The lowest BCUT2D eigenvalue weighted by molar-refractivity contribution is -0.137. The van der Waals surface area contributed by atoms with Gasteiger partial charge < -0.3 is 10.4 Å². The summed E-state index contributed by atoms with van der Waals surface area (Å²) in [6.07, 6.45) is 7.30. The van der Waals surface area contributed by atoms with E-state index in [4.69, 9.17) is 11.5 Å². The average molecular weight is 331 g/mol. The van der Waals surface area contributed by atoms with E-state index < -0.39 is 11.6 Å². The summed E-state index contributed by atoms with van der Waals surface area (Å²) in [6.45, 7) is 3.85. The minimum absolute atomic E-state index is 0.0178. The molecule has 8 nitrogen and oxygen atoms in total. The molecule has 0 radical (unpaired) electrons. The zero-order chi connectivity index (χ0) is 17.7. The summed E-state index contributed by atoms with van der Waals surface area (Å²) >= 11 is 0. The van der Waals surface area contributed by atoms with Gasteiger partial charge in [0, 0.05) is 25.7 Å². The minimum Gasteiger partial charge on any atom is -0.481 e. The second kappa shape index (κ2) is 7.25. The summed E-state index contributed by atoms with van der Waals surface area (Å²) in [7, 11) is 0. The van der Waals surface area contributed by atoms with Crippen LogP contribution in [-0.4, -0.2) is 32.4 Å². The number of aliphatic carboxylic acids is 1. The number of amides is 1. The Morgan fingerprint density at radius 2 is 2.00 bits per heavy atom. The highest BCUT2D eigenvalue weighted by Crippen LogP contribution is 2.37.